The fraction of sp³-hybridized carbons (Fsp3) is 0.882. The monoisotopic (exact) mass is 293 g/mol. The van der Waals surface area contributed by atoms with Crippen molar-refractivity contribution in [2.75, 3.05) is 7.11 Å². The van der Waals surface area contributed by atoms with Crippen LogP contribution >= 0.6 is 0 Å². The predicted molar refractivity (Wildman–Crippen MR) is 79.5 cm³/mol. The van der Waals surface area contributed by atoms with E-state index in [4.69, 9.17) is 4.74 Å². The van der Waals surface area contributed by atoms with Crippen LogP contribution in [0.5, 0.6) is 0 Å². The van der Waals surface area contributed by atoms with Gasteiger partial charge in [-0.2, -0.15) is 0 Å². The maximum atomic E-state index is 12.9. The summed E-state index contributed by atoms with van der Waals surface area (Å²) < 4.78 is 4.72. The van der Waals surface area contributed by atoms with Crippen LogP contribution in [-0.4, -0.2) is 25.0 Å². The molecule has 4 rings (SSSR count). The van der Waals surface area contributed by atoms with Crippen molar-refractivity contribution in [3.05, 3.63) is 0 Å². The summed E-state index contributed by atoms with van der Waals surface area (Å²) in [6, 6.07) is -0.0852. The minimum absolute atomic E-state index is 0.0852. The minimum Gasteiger partial charge on any atom is -0.469 e. The number of amides is 1. The van der Waals surface area contributed by atoms with Gasteiger partial charge in [-0.3, -0.25) is 9.59 Å². The summed E-state index contributed by atoms with van der Waals surface area (Å²) in [5.41, 5.74) is -0.127. The van der Waals surface area contributed by atoms with Gasteiger partial charge >= 0.3 is 5.97 Å². The zero-order valence-corrected chi connectivity index (χ0v) is 13.2. The summed E-state index contributed by atoms with van der Waals surface area (Å²) in [6.07, 6.45) is 8.28. The molecule has 4 fully saturated rings. The van der Waals surface area contributed by atoms with Crippen molar-refractivity contribution in [1.82, 2.24) is 5.32 Å². The molecular formula is C17H27NO3. The quantitative estimate of drug-likeness (QED) is 0.793. The SMILES string of the molecule is CCC(CC(=O)OC)NC(=O)C12CC3CC(CC(C3)C1)C2. The summed E-state index contributed by atoms with van der Waals surface area (Å²) in [5.74, 6) is 2.26. The van der Waals surface area contributed by atoms with E-state index in [9.17, 15) is 9.59 Å². The first-order valence-corrected chi connectivity index (χ1v) is 8.42. The fourth-order valence-corrected chi connectivity index (χ4v) is 5.31. The van der Waals surface area contributed by atoms with Crippen LogP contribution < -0.4 is 5.32 Å². The molecule has 4 bridgehead atoms. The number of esters is 1. The van der Waals surface area contributed by atoms with Crippen molar-refractivity contribution in [3.8, 4) is 0 Å². The molecule has 4 saturated carbocycles. The second-order valence-corrected chi connectivity index (χ2v) is 7.56. The average molecular weight is 293 g/mol. The normalized spacial score (nSPS) is 38.1. The second-order valence-electron chi connectivity index (χ2n) is 7.56. The molecule has 1 unspecified atom stereocenters. The molecule has 0 spiro atoms. The molecule has 1 atom stereocenters. The molecule has 0 saturated heterocycles. The summed E-state index contributed by atoms with van der Waals surface area (Å²) in [6.45, 7) is 2.01. The van der Waals surface area contributed by atoms with Crippen molar-refractivity contribution >= 4 is 11.9 Å². The van der Waals surface area contributed by atoms with E-state index in [1.165, 1.54) is 26.4 Å². The van der Waals surface area contributed by atoms with Crippen molar-refractivity contribution in [2.45, 2.75) is 64.3 Å². The Hall–Kier alpha value is -1.06. The lowest BCUT2D eigenvalue weighted by atomic mass is 9.49. The van der Waals surface area contributed by atoms with Gasteiger partial charge < -0.3 is 10.1 Å². The van der Waals surface area contributed by atoms with Crippen LogP contribution in [0.15, 0.2) is 0 Å². The zero-order chi connectivity index (χ0) is 15.0. The maximum Gasteiger partial charge on any atom is 0.307 e. The topological polar surface area (TPSA) is 55.4 Å². The Balaban J connectivity index is 1.66. The summed E-state index contributed by atoms with van der Waals surface area (Å²) in [7, 11) is 1.40. The minimum atomic E-state index is -0.243. The predicted octanol–water partition coefficient (Wildman–Crippen LogP) is 2.66. The van der Waals surface area contributed by atoms with E-state index in [-0.39, 0.29) is 29.8 Å². The first kappa shape index (κ1) is 14.9. The molecule has 0 aromatic carbocycles. The standard InChI is InChI=1S/C17H27NO3/c1-3-14(7-15(19)21-2)18-16(20)17-8-11-4-12(9-17)6-13(5-11)10-17/h11-14H,3-10H2,1-2H3,(H,18,20). The third-order valence-electron chi connectivity index (χ3n) is 5.99. The van der Waals surface area contributed by atoms with Crippen LogP contribution in [0.2, 0.25) is 0 Å². The van der Waals surface area contributed by atoms with Gasteiger partial charge in [0.2, 0.25) is 5.91 Å². The third kappa shape index (κ3) is 2.82. The van der Waals surface area contributed by atoms with Crippen LogP contribution in [0.1, 0.15) is 58.3 Å². The Morgan fingerprint density at radius 2 is 1.67 bits per heavy atom. The third-order valence-corrected chi connectivity index (χ3v) is 5.99. The molecule has 4 nitrogen and oxygen atoms in total. The van der Waals surface area contributed by atoms with E-state index in [0.29, 0.717) is 0 Å². The molecule has 0 heterocycles. The highest BCUT2D eigenvalue weighted by Crippen LogP contribution is 2.60. The lowest BCUT2D eigenvalue weighted by Crippen LogP contribution is -2.55. The molecule has 4 aliphatic carbocycles. The average Bonchev–Trinajstić information content (AvgIpc) is 2.44. The van der Waals surface area contributed by atoms with Crippen LogP contribution in [-0.2, 0) is 14.3 Å². The van der Waals surface area contributed by atoms with Gasteiger partial charge in [-0.15, -0.1) is 0 Å². The van der Waals surface area contributed by atoms with Gasteiger partial charge in [-0.05, 0) is 62.7 Å². The summed E-state index contributed by atoms with van der Waals surface area (Å²) in [5, 5.41) is 3.15. The molecule has 1 N–H and O–H groups in total. The highest BCUT2D eigenvalue weighted by atomic mass is 16.5. The molecule has 21 heavy (non-hydrogen) atoms. The van der Waals surface area contributed by atoms with Gasteiger partial charge in [0.05, 0.1) is 13.5 Å². The summed E-state index contributed by atoms with van der Waals surface area (Å²) >= 11 is 0. The van der Waals surface area contributed by atoms with Gasteiger partial charge in [0.15, 0.2) is 0 Å². The highest BCUT2D eigenvalue weighted by Gasteiger charge is 2.54. The van der Waals surface area contributed by atoms with Gasteiger partial charge in [-0.25, -0.2) is 0 Å². The molecule has 0 radical (unpaired) electrons. The number of nitrogens with one attached hydrogen (secondary N) is 1. The molecule has 4 aliphatic rings. The van der Waals surface area contributed by atoms with Crippen molar-refractivity contribution in [3.63, 3.8) is 0 Å². The first-order valence-electron chi connectivity index (χ1n) is 8.42. The lowest BCUT2D eigenvalue weighted by molar-refractivity contribution is -0.148. The molecule has 1 amide bonds. The van der Waals surface area contributed by atoms with Crippen molar-refractivity contribution in [2.24, 2.45) is 23.2 Å². The number of carbonyl (C=O) groups excluding carboxylic acids is 2. The molecule has 0 aromatic rings. The van der Waals surface area contributed by atoms with Gasteiger partial charge in [0.1, 0.15) is 0 Å². The van der Waals surface area contributed by atoms with E-state index in [1.54, 1.807) is 0 Å². The Morgan fingerprint density at radius 3 is 2.10 bits per heavy atom. The van der Waals surface area contributed by atoms with E-state index in [1.807, 2.05) is 6.92 Å². The molecule has 0 aromatic heterocycles. The van der Waals surface area contributed by atoms with Crippen LogP contribution in [0.3, 0.4) is 0 Å². The number of rotatable bonds is 5. The van der Waals surface area contributed by atoms with Crippen LogP contribution in [0.4, 0.5) is 0 Å². The van der Waals surface area contributed by atoms with Crippen molar-refractivity contribution < 1.29 is 14.3 Å². The Morgan fingerprint density at radius 1 is 1.14 bits per heavy atom. The van der Waals surface area contributed by atoms with Crippen LogP contribution in [0, 0.1) is 23.2 Å². The van der Waals surface area contributed by atoms with Crippen LogP contribution in [0.25, 0.3) is 0 Å². The fourth-order valence-electron chi connectivity index (χ4n) is 5.31. The van der Waals surface area contributed by atoms with E-state index in [2.05, 4.69) is 5.32 Å². The largest absolute Gasteiger partial charge is 0.469 e. The number of hydrogen-bond acceptors (Lipinski definition) is 3. The summed E-state index contributed by atoms with van der Waals surface area (Å²) in [4.78, 5) is 24.3. The molecular weight excluding hydrogens is 266 g/mol. The molecule has 118 valence electrons. The highest BCUT2D eigenvalue weighted by molar-refractivity contribution is 5.84. The molecule has 4 heteroatoms. The number of carbonyl (C=O) groups is 2. The van der Waals surface area contributed by atoms with E-state index in [0.717, 1.165) is 43.4 Å². The van der Waals surface area contributed by atoms with Gasteiger partial charge in [-0.1, -0.05) is 6.92 Å². The number of hydrogen-bond donors (Lipinski definition) is 1. The first-order chi connectivity index (χ1) is 10.0. The zero-order valence-electron chi connectivity index (χ0n) is 13.2. The Bertz CT molecular complexity index is 396. The van der Waals surface area contributed by atoms with Crippen molar-refractivity contribution in [1.29, 1.82) is 0 Å². The van der Waals surface area contributed by atoms with Gasteiger partial charge in [0.25, 0.3) is 0 Å². The maximum absolute atomic E-state index is 12.9. The number of methoxy groups -OCH3 is 1. The second kappa shape index (κ2) is 5.62. The lowest BCUT2D eigenvalue weighted by Gasteiger charge is -2.55. The Kier molecular flexibility index (Phi) is 3.98. The Labute approximate surface area is 127 Å². The molecule has 0 aliphatic heterocycles. The smallest absolute Gasteiger partial charge is 0.307 e. The van der Waals surface area contributed by atoms with Gasteiger partial charge in [0, 0.05) is 11.5 Å². The van der Waals surface area contributed by atoms with E-state index < -0.39 is 0 Å². The van der Waals surface area contributed by atoms with E-state index >= 15 is 0 Å². The number of ether oxygens (including phenoxy) is 1.